The van der Waals surface area contributed by atoms with Gasteiger partial charge in [-0.05, 0) is 36.8 Å². The molecule has 2 heterocycles. The van der Waals surface area contributed by atoms with E-state index in [1.54, 1.807) is 38.4 Å². The molecule has 0 aliphatic rings. The highest BCUT2D eigenvalue weighted by atomic mass is 16.5. The van der Waals surface area contributed by atoms with Gasteiger partial charge in [0.1, 0.15) is 17.2 Å². The number of nitrogens with one attached hydrogen (secondary N) is 2. The Labute approximate surface area is 145 Å². The fourth-order valence-electron chi connectivity index (χ4n) is 2.22. The molecular weight excluding hydrogens is 320 g/mol. The van der Waals surface area contributed by atoms with E-state index in [0.717, 1.165) is 17.0 Å². The SMILES string of the molecule is COc1ccc(CNc2ccnc(C(=O)Nc3cc(C)on3)c2)cc1. The molecule has 1 amide bonds. The topological polar surface area (TPSA) is 89.3 Å². The zero-order valence-corrected chi connectivity index (χ0v) is 13.9. The Hall–Kier alpha value is -3.35. The van der Waals surface area contributed by atoms with Crippen molar-refractivity contribution in [1.29, 1.82) is 0 Å². The highest BCUT2D eigenvalue weighted by molar-refractivity contribution is 6.02. The first-order chi connectivity index (χ1) is 12.1. The van der Waals surface area contributed by atoms with Crippen molar-refractivity contribution in [3.63, 3.8) is 0 Å². The molecule has 0 spiro atoms. The fourth-order valence-corrected chi connectivity index (χ4v) is 2.22. The molecule has 7 heteroatoms. The summed E-state index contributed by atoms with van der Waals surface area (Å²) in [5.41, 5.74) is 2.19. The summed E-state index contributed by atoms with van der Waals surface area (Å²) in [6, 6.07) is 12.9. The van der Waals surface area contributed by atoms with E-state index in [4.69, 9.17) is 9.26 Å². The molecule has 0 saturated heterocycles. The number of rotatable bonds is 6. The molecule has 0 fully saturated rings. The number of carbonyl (C=O) groups excluding carboxylic acids is 1. The number of amides is 1. The van der Waals surface area contributed by atoms with Crippen LogP contribution in [0.2, 0.25) is 0 Å². The third-order valence-electron chi connectivity index (χ3n) is 3.52. The van der Waals surface area contributed by atoms with Crippen LogP contribution in [0.5, 0.6) is 5.75 Å². The molecule has 2 aromatic heterocycles. The number of ether oxygens (including phenoxy) is 1. The van der Waals surface area contributed by atoms with Gasteiger partial charge in [0, 0.05) is 24.5 Å². The van der Waals surface area contributed by atoms with Crippen LogP contribution in [-0.2, 0) is 6.54 Å². The van der Waals surface area contributed by atoms with Crippen molar-refractivity contribution in [2.45, 2.75) is 13.5 Å². The summed E-state index contributed by atoms with van der Waals surface area (Å²) in [6.45, 7) is 2.38. The van der Waals surface area contributed by atoms with Gasteiger partial charge < -0.3 is 19.9 Å². The summed E-state index contributed by atoms with van der Waals surface area (Å²) in [7, 11) is 1.64. The van der Waals surface area contributed by atoms with E-state index < -0.39 is 0 Å². The Morgan fingerprint density at radius 2 is 2.00 bits per heavy atom. The fraction of sp³-hybridized carbons (Fsp3) is 0.167. The van der Waals surface area contributed by atoms with E-state index in [2.05, 4.69) is 20.8 Å². The number of hydrogen-bond acceptors (Lipinski definition) is 6. The van der Waals surface area contributed by atoms with Crippen LogP contribution in [0, 0.1) is 6.92 Å². The molecule has 0 unspecified atom stereocenters. The van der Waals surface area contributed by atoms with Gasteiger partial charge in [0.2, 0.25) is 0 Å². The number of pyridine rings is 1. The van der Waals surface area contributed by atoms with Gasteiger partial charge in [-0.3, -0.25) is 9.78 Å². The second kappa shape index (κ2) is 7.48. The van der Waals surface area contributed by atoms with E-state index in [1.807, 2.05) is 24.3 Å². The van der Waals surface area contributed by atoms with Crippen LogP contribution in [0.4, 0.5) is 11.5 Å². The molecule has 0 atom stereocenters. The van der Waals surface area contributed by atoms with Crippen molar-refractivity contribution in [2.24, 2.45) is 0 Å². The first-order valence-electron chi connectivity index (χ1n) is 7.71. The van der Waals surface area contributed by atoms with Gasteiger partial charge >= 0.3 is 0 Å². The lowest BCUT2D eigenvalue weighted by Crippen LogP contribution is -2.14. The molecular formula is C18H18N4O3. The summed E-state index contributed by atoms with van der Waals surface area (Å²) in [4.78, 5) is 16.3. The number of methoxy groups -OCH3 is 1. The zero-order valence-electron chi connectivity index (χ0n) is 13.9. The average Bonchev–Trinajstić information content (AvgIpc) is 3.05. The van der Waals surface area contributed by atoms with Crippen LogP contribution in [-0.4, -0.2) is 23.2 Å². The predicted octanol–water partition coefficient (Wildman–Crippen LogP) is 3.25. The molecule has 1 aromatic carbocycles. The number of nitrogens with zero attached hydrogens (tertiary/aromatic N) is 2. The third-order valence-corrected chi connectivity index (χ3v) is 3.52. The van der Waals surface area contributed by atoms with Gasteiger partial charge in [-0.1, -0.05) is 17.3 Å². The quantitative estimate of drug-likeness (QED) is 0.717. The van der Waals surface area contributed by atoms with E-state index in [9.17, 15) is 4.79 Å². The van der Waals surface area contributed by atoms with Crippen molar-refractivity contribution >= 4 is 17.4 Å². The number of anilines is 2. The minimum absolute atomic E-state index is 0.292. The summed E-state index contributed by atoms with van der Waals surface area (Å²) in [5, 5.41) is 9.64. The maximum absolute atomic E-state index is 12.2. The minimum atomic E-state index is -0.346. The number of carbonyl (C=O) groups is 1. The van der Waals surface area contributed by atoms with Gasteiger partial charge in [-0.2, -0.15) is 0 Å². The molecule has 25 heavy (non-hydrogen) atoms. The van der Waals surface area contributed by atoms with Gasteiger partial charge in [-0.25, -0.2) is 0 Å². The molecule has 7 nitrogen and oxygen atoms in total. The highest BCUT2D eigenvalue weighted by Crippen LogP contribution is 2.15. The average molecular weight is 338 g/mol. The second-order valence-electron chi connectivity index (χ2n) is 5.41. The largest absolute Gasteiger partial charge is 0.497 e. The van der Waals surface area contributed by atoms with Crippen LogP contribution < -0.4 is 15.4 Å². The molecule has 0 aliphatic carbocycles. The van der Waals surface area contributed by atoms with Crippen LogP contribution in [0.1, 0.15) is 21.8 Å². The van der Waals surface area contributed by atoms with Crippen LogP contribution >= 0.6 is 0 Å². The van der Waals surface area contributed by atoms with Gasteiger partial charge in [0.25, 0.3) is 5.91 Å². The first-order valence-corrected chi connectivity index (χ1v) is 7.71. The Balaban J connectivity index is 1.63. The van der Waals surface area contributed by atoms with Crippen molar-refractivity contribution in [1.82, 2.24) is 10.1 Å². The Morgan fingerprint density at radius 3 is 2.68 bits per heavy atom. The highest BCUT2D eigenvalue weighted by Gasteiger charge is 2.11. The number of benzene rings is 1. The lowest BCUT2D eigenvalue weighted by atomic mass is 10.2. The molecule has 0 radical (unpaired) electrons. The monoisotopic (exact) mass is 338 g/mol. The van der Waals surface area contributed by atoms with E-state index >= 15 is 0 Å². The lowest BCUT2D eigenvalue weighted by Gasteiger charge is -2.08. The summed E-state index contributed by atoms with van der Waals surface area (Å²) >= 11 is 0. The third kappa shape index (κ3) is 4.35. The molecule has 0 saturated carbocycles. The zero-order chi connectivity index (χ0) is 17.6. The summed E-state index contributed by atoms with van der Waals surface area (Å²) < 4.78 is 10.1. The number of aryl methyl sites for hydroxylation is 1. The normalized spacial score (nSPS) is 10.3. The van der Waals surface area contributed by atoms with E-state index in [0.29, 0.717) is 23.8 Å². The van der Waals surface area contributed by atoms with Crippen LogP contribution in [0.25, 0.3) is 0 Å². The van der Waals surface area contributed by atoms with Crippen LogP contribution in [0.15, 0.2) is 53.2 Å². The second-order valence-corrected chi connectivity index (χ2v) is 5.41. The van der Waals surface area contributed by atoms with Gasteiger partial charge in [0.05, 0.1) is 7.11 Å². The van der Waals surface area contributed by atoms with Crippen molar-refractivity contribution in [2.75, 3.05) is 17.7 Å². The summed E-state index contributed by atoms with van der Waals surface area (Å²) in [5.74, 6) is 1.45. The predicted molar refractivity (Wildman–Crippen MR) is 93.8 cm³/mol. The van der Waals surface area contributed by atoms with Gasteiger partial charge in [-0.15, -0.1) is 0 Å². The summed E-state index contributed by atoms with van der Waals surface area (Å²) in [6.07, 6.45) is 1.58. The number of hydrogen-bond donors (Lipinski definition) is 2. The van der Waals surface area contributed by atoms with Gasteiger partial charge in [0.15, 0.2) is 5.82 Å². The van der Waals surface area contributed by atoms with Crippen molar-refractivity contribution in [3.8, 4) is 5.75 Å². The maximum Gasteiger partial charge on any atom is 0.275 e. The molecule has 128 valence electrons. The Morgan fingerprint density at radius 1 is 1.20 bits per heavy atom. The molecule has 2 N–H and O–H groups in total. The Kier molecular flexibility index (Phi) is 4.94. The first kappa shape index (κ1) is 16.5. The molecule has 0 aliphatic heterocycles. The molecule has 0 bridgehead atoms. The number of aromatic nitrogens is 2. The van der Waals surface area contributed by atoms with E-state index in [1.165, 1.54) is 0 Å². The lowest BCUT2D eigenvalue weighted by molar-refractivity contribution is 0.102. The van der Waals surface area contributed by atoms with Crippen LogP contribution in [0.3, 0.4) is 0 Å². The Bertz CT molecular complexity index is 859. The molecule has 3 aromatic rings. The smallest absolute Gasteiger partial charge is 0.275 e. The van der Waals surface area contributed by atoms with E-state index in [-0.39, 0.29) is 5.91 Å². The minimum Gasteiger partial charge on any atom is -0.497 e. The standard InChI is InChI=1S/C18H18N4O3/c1-12-9-17(22-25-12)21-18(23)16-10-14(7-8-19-16)20-11-13-3-5-15(24-2)6-4-13/h3-10H,11H2,1-2H3,(H,19,20)(H,21,22,23). The van der Waals surface area contributed by atoms with Crippen molar-refractivity contribution < 1.29 is 14.1 Å². The molecule has 3 rings (SSSR count). The maximum atomic E-state index is 12.2. The van der Waals surface area contributed by atoms with Crippen molar-refractivity contribution in [3.05, 3.63) is 65.7 Å².